The van der Waals surface area contributed by atoms with E-state index in [1.54, 1.807) is 24.4 Å². The first-order valence-corrected chi connectivity index (χ1v) is 10.4. The molecule has 1 amide bonds. The highest BCUT2D eigenvalue weighted by Gasteiger charge is 2.22. The van der Waals surface area contributed by atoms with Gasteiger partial charge in [0.25, 0.3) is 5.69 Å². The number of non-ortho nitro benzene ring substituents is 1. The van der Waals surface area contributed by atoms with Crippen molar-refractivity contribution in [2.24, 2.45) is 5.92 Å². The Hall–Kier alpha value is -3.49. The van der Waals surface area contributed by atoms with Crippen molar-refractivity contribution >= 4 is 29.4 Å². The number of carbonyl (C=O) groups excluding carboxylic acids is 1. The summed E-state index contributed by atoms with van der Waals surface area (Å²) in [5.41, 5.74) is 0.775. The van der Waals surface area contributed by atoms with Crippen molar-refractivity contribution in [1.82, 2.24) is 15.3 Å². The number of carbonyl (C=O) groups is 1. The van der Waals surface area contributed by atoms with Gasteiger partial charge in [-0.05, 0) is 61.4 Å². The summed E-state index contributed by atoms with van der Waals surface area (Å²) in [5, 5.41) is 17.0. The molecule has 1 heterocycles. The molecule has 1 aromatic heterocycles. The molecule has 1 aliphatic carbocycles. The smallest absolute Gasteiger partial charge is 0.269 e. The van der Waals surface area contributed by atoms with Gasteiger partial charge in [-0.3, -0.25) is 14.9 Å². The molecule has 0 aliphatic heterocycles. The molecule has 3 rings (SSSR count). The van der Waals surface area contributed by atoms with E-state index in [-0.39, 0.29) is 11.6 Å². The van der Waals surface area contributed by atoms with Crippen LogP contribution in [0.1, 0.15) is 31.2 Å². The SMILES string of the molecule is CN(C)c1ccnc(NC2CCC(CNC(=O)C=Cc3ccc([N+](=O)[O-])cc3)CC2)n1. The van der Waals surface area contributed by atoms with Gasteiger partial charge < -0.3 is 15.5 Å². The summed E-state index contributed by atoms with van der Waals surface area (Å²) < 4.78 is 0. The minimum atomic E-state index is -0.446. The summed E-state index contributed by atoms with van der Waals surface area (Å²) in [6.07, 6.45) is 8.94. The van der Waals surface area contributed by atoms with Gasteiger partial charge in [-0.25, -0.2) is 4.98 Å². The van der Waals surface area contributed by atoms with Gasteiger partial charge >= 0.3 is 0 Å². The third-order valence-corrected chi connectivity index (χ3v) is 5.38. The van der Waals surface area contributed by atoms with Crippen LogP contribution in [0.15, 0.2) is 42.6 Å². The van der Waals surface area contributed by atoms with Gasteiger partial charge in [-0.1, -0.05) is 0 Å². The molecule has 0 unspecified atom stereocenters. The molecule has 9 nitrogen and oxygen atoms in total. The van der Waals surface area contributed by atoms with E-state index in [2.05, 4.69) is 20.6 Å². The molecule has 164 valence electrons. The molecule has 0 spiro atoms. The normalized spacial score (nSPS) is 18.5. The lowest BCUT2D eigenvalue weighted by atomic mass is 9.86. The maximum atomic E-state index is 12.1. The minimum absolute atomic E-state index is 0.0312. The minimum Gasteiger partial charge on any atom is -0.363 e. The molecule has 1 fully saturated rings. The molecule has 0 atom stereocenters. The zero-order valence-electron chi connectivity index (χ0n) is 17.8. The zero-order chi connectivity index (χ0) is 22.2. The number of hydrogen-bond acceptors (Lipinski definition) is 7. The van der Waals surface area contributed by atoms with Crippen LogP contribution < -0.4 is 15.5 Å². The molecule has 2 aromatic rings. The Morgan fingerprint density at radius 2 is 1.90 bits per heavy atom. The molecular formula is C22H28N6O3. The topological polar surface area (TPSA) is 113 Å². The number of nitrogens with zero attached hydrogens (tertiary/aromatic N) is 4. The van der Waals surface area contributed by atoms with E-state index in [1.165, 1.54) is 18.2 Å². The van der Waals surface area contributed by atoms with E-state index in [0.717, 1.165) is 37.1 Å². The molecule has 1 aliphatic rings. The predicted molar refractivity (Wildman–Crippen MR) is 121 cm³/mol. The number of amides is 1. The van der Waals surface area contributed by atoms with Gasteiger partial charge in [0.2, 0.25) is 11.9 Å². The summed E-state index contributed by atoms with van der Waals surface area (Å²) in [6.45, 7) is 0.642. The highest BCUT2D eigenvalue weighted by molar-refractivity contribution is 5.91. The molecule has 31 heavy (non-hydrogen) atoms. The lowest BCUT2D eigenvalue weighted by molar-refractivity contribution is -0.384. The fourth-order valence-electron chi connectivity index (χ4n) is 3.54. The molecule has 1 saturated carbocycles. The van der Waals surface area contributed by atoms with E-state index >= 15 is 0 Å². The molecule has 0 saturated heterocycles. The number of hydrogen-bond donors (Lipinski definition) is 2. The van der Waals surface area contributed by atoms with Crippen LogP contribution in [0.5, 0.6) is 0 Å². The van der Waals surface area contributed by atoms with Crippen molar-refractivity contribution in [2.45, 2.75) is 31.7 Å². The molecule has 1 aromatic carbocycles. The van der Waals surface area contributed by atoms with Gasteiger partial charge in [-0.2, -0.15) is 4.98 Å². The third kappa shape index (κ3) is 6.77. The Kier molecular flexibility index (Phi) is 7.53. The number of nitrogens with one attached hydrogen (secondary N) is 2. The highest BCUT2D eigenvalue weighted by Crippen LogP contribution is 2.25. The maximum Gasteiger partial charge on any atom is 0.269 e. The molecule has 0 bridgehead atoms. The average Bonchev–Trinajstić information content (AvgIpc) is 2.77. The van der Waals surface area contributed by atoms with Crippen molar-refractivity contribution in [3.8, 4) is 0 Å². The van der Waals surface area contributed by atoms with Crippen molar-refractivity contribution in [3.05, 3.63) is 58.3 Å². The third-order valence-electron chi connectivity index (χ3n) is 5.38. The van der Waals surface area contributed by atoms with Crippen LogP contribution in [0.3, 0.4) is 0 Å². The maximum absolute atomic E-state index is 12.1. The van der Waals surface area contributed by atoms with Crippen LogP contribution in [0.4, 0.5) is 17.5 Å². The van der Waals surface area contributed by atoms with Gasteiger partial charge in [0.15, 0.2) is 0 Å². The summed E-state index contributed by atoms with van der Waals surface area (Å²) in [4.78, 5) is 33.1. The summed E-state index contributed by atoms with van der Waals surface area (Å²) in [5.74, 6) is 1.81. The largest absolute Gasteiger partial charge is 0.363 e. The number of anilines is 2. The lowest BCUT2D eigenvalue weighted by Gasteiger charge is -2.29. The second-order valence-corrected chi connectivity index (χ2v) is 7.92. The first-order chi connectivity index (χ1) is 14.9. The van der Waals surface area contributed by atoms with Crippen LogP contribution in [-0.4, -0.2) is 47.5 Å². The summed E-state index contributed by atoms with van der Waals surface area (Å²) in [6, 6.07) is 8.30. The van der Waals surface area contributed by atoms with Crippen molar-refractivity contribution < 1.29 is 9.72 Å². The summed E-state index contributed by atoms with van der Waals surface area (Å²) in [7, 11) is 3.90. The van der Waals surface area contributed by atoms with Crippen LogP contribution in [-0.2, 0) is 4.79 Å². The predicted octanol–water partition coefficient (Wildman–Crippen LogP) is 3.25. The van der Waals surface area contributed by atoms with Crippen LogP contribution in [0, 0.1) is 16.0 Å². The van der Waals surface area contributed by atoms with Gasteiger partial charge in [0, 0.05) is 51.1 Å². The van der Waals surface area contributed by atoms with Gasteiger partial charge in [0.05, 0.1) is 4.92 Å². The number of rotatable bonds is 8. The quantitative estimate of drug-likeness (QED) is 0.380. The number of nitro groups is 1. The second kappa shape index (κ2) is 10.5. The summed E-state index contributed by atoms with van der Waals surface area (Å²) >= 11 is 0. The fraction of sp³-hybridized carbons (Fsp3) is 0.409. The Morgan fingerprint density at radius 3 is 2.55 bits per heavy atom. The fourth-order valence-corrected chi connectivity index (χ4v) is 3.54. The number of benzene rings is 1. The average molecular weight is 425 g/mol. The van der Waals surface area contributed by atoms with Gasteiger partial charge in [0.1, 0.15) is 5.82 Å². The number of nitro benzene ring substituents is 1. The van der Waals surface area contributed by atoms with Crippen molar-refractivity contribution in [3.63, 3.8) is 0 Å². The number of aromatic nitrogens is 2. The van der Waals surface area contributed by atoms with Crippen LogP contribution >= 0.6 is 0 Å². The second-order valence-electron chi connectivity index (χ2n) is 7.92. The van der Waals surface area contributed by atoms with E-state index in [4.69, 9.17) is 0 Å². The molecule has 0 radical (unpaired) electrons. The van der Waals surface area contributed by atoms with Crippen molar-refractivity contribution in [2.75, 3.05) is 30.9 Å². The van der Waals surface area contributed by atoms with Crippen molar-refractivity contribution in [1.29, 1.82) is 0 Å². The Balaban J connectivity index is 1.39. The van der Waals surface area contributed by atoms with Gasteiger partial charge in [-0.15, -0.1) is 0 Å². The van der Waals surface area contributed by atoms with E-state index in [9.17, 15) is 14.9 Å². The highest BCUT2D eigenvalue weighted by atomic mass is 16.6. The molecular weight excluding hydrogens is 396 g/mol. The Bertz CT molecular complexity index is 921. The Labute approximate surface area is 181 Å². The van der Waals surface area contributed by atoms with Crippen LogP contribution in [0.25, 0.3) is 6.08 Å². The Morgan fingerprint density at radius 1 is 1.19 bits per heavy atom. The lowest BCUT2D eigenvalue weighted by Crippen LogP contribution is -2.33. The first-order valence-electron chi connectivity index (χ1n) is 10.4. The zero-order valence-corrected chi connectivity index (χ0v) is 17.8. The molecule has 9 heteroatoms. The first kappa shape index (κ1) is 22.2. The van der Waals surface area contributed by atoms with Crippen LogP contribution in [0.2, 0.25) is 0 Å². The monoisotopic (exact) mass is 424 g/mol. The van der Waals surface area contributed by atoms with E-state index in [0.29, 0.717) is 24.5 Å². The standard InChI is InChI=1S/C22H28N6O3/c1-27(2)20-13-14-23-22(26-20)25-18-8-3-17(4-9-18)15-24-21(29)12-7-16-5-10-19(11-6-16)28(30)31/h5-7,10-14,17-18H,3-4,8-9,15H2,1-2H3,(H,24,29)(H,23,25,26). The van der Waals surface area contributed by atoms with E-state index in [1.807, 2.05) is 25.1 Å². The van der Waals surface area contributed by atoms with E-state index < -0.39 is 4.92 Å². The molecule has 2 N–H and O–H groups in total.